The van der Waals surface area contributed by atoms with Gasteiger partial charge < -0.3 is 15.2 Å². The molecule has 2 heterocycles. The number of ether oxygens (including phenoxy) is 2. The number of aromatic nitrogens is 1. The van der Waals surface area contributed by atoms with Gasteiger partial charge in [-0.1, -0.05) is 24.3 Å². The Hall–Kier alpha value is -1.91. The van der Waals surface area contributed by atoms with Gasteiger partial charge in [0.2, 0.25) is 0 Å². The van der Waals surface area contributed by atoms with Crippen LogP contribution < -0.4 is 10.5 Å². The van der Waals surface area contributed by atoms with Crippen molar-refractivity contribution in [1.82, 2.24) is 4.98 Å². The number of rotatable bonds is 4. The Morgan fingerprint density at radius 3 is 3.10 bits per heavy atom. The lowest BCUT2D eigenvalue weighted by Crippen LogP contribution is -2.22. The number of hydrogen-bond acceptors (Lipinski definition) is 4. The van der Waals surface area contributed by atoms with Crippen molar-refractivity contribution in [2.24, 2.45) is 5.73 Å². The van der Waals surface area contributed by atoms with Crippen molar-refractivity contribution in [2.45, 2.75) is 25.0 Å². The second kappa shape index (κ2) is 6.24. The minimum Gasteiger partial charge on any atom is -0.495 e. The largest absolute Gasteiger partial charge is 0.495 e. The molecule has 1 aliphatic heterocycles. The number of benzene rings is 1. The van der Waals surface area contributed by atoms with Crippen molar-refractivity contribution < 1.29 is 9.47 Å². The molecule has 0 aliphatic carbocycles. The van der Waals surface area contributed by atoms with E-state index < -0.39 is 0 Å². The lowest BCUT2D eigenvalue weighted by atomic mass is 9.92. The van der Waals surface area contributed by atoms with E-state index in [9.17, 15) is 0 Å². The number of pyridine rings is 1. The quantitative estimate of drug-likeness (QED) is 0.938. The fraction of sp³-hybridized carbons (Fsp3) is 0.353. The molecule has 0 radical (unpaired) electrons. The Kier molecular flexibility index (Phi) is 4.18. The van der Waals surface area contributed by atoms with Crippen molar-refractivity contribution in [2.75, 3.05) is 13.7 Å². The Morgan fingerprint density at radius 1 is 1.38 bits per heavy atom. The first-order valence-electron chi connectivity index (χ1n) is 7.22. The molecule has 0 saturated heterocycles. The van der Waals surface area contributed by atoms with Crippen LogP contribution in [0.2, 0.25) is 0 Å². The number of nitrogens with two attached hydrogens (primary N) is 1. The van der Waals surface area contributed by atoms with Crippen molar-refractivity contribution in [3.63, 3.8) is 0 Å². The average molecular weight is 284 g/mol. The first-order chi connectivity index (χ1) is 10.3. The van der Waals surface area contributed by atoms with E-state index in [1.807, 2.05) is 6.07 Å². The van der Waals surface area contributed by atoms with Crippen molar-refractivity contribution in [3.05, 3.63) is 59.4 Å². The fourth-order valence-electron chi connectivity index (χ4n) is 2.90. The van der Waals surface area contributed by atoms with Gasteiger partial charge in [-0.2, -0.15) is 0 Å². The van der Waals surface area contributed by atoms with Gasteiger partial charge in [-0.05, 0) is 30.0 Å². The number of hydrogen-bond donors (Lipinski definition) is 1. The van der Waals surface area contributed by atoms with Crippen LogP contribution in [0.25, 0.3) is 0 Å². The lowest BCUT2D eigenvalue weighted by Gasteiger charge is -2.28. The van der Waals surface area contributed by atoms with Gasteiger partial charge in [-0.15, -0.1) is 0 Å². The highest BCUT2D eigenvalue weighted by Crippen LogP contribution is 2.35. The molecule has 2 atom stereocenters. The summed E-state index contributed by atoms with van der Waals surface area (Å²) in [5, 5.41) is 0. The lowest BCUT2D eigenvalue weighted by molar-refractivity contribution is 0.0318. The van der Waals surface area contributed by atoms with Crippen molar-refractivity contribution in [1.29, 1.82) is 0 Å². The molecular formula is C17H20N2O2. The third-order valence-corrected chi connectivity index (χ3v) is 4.00. The molecule has 21 heavy (non-hydrogen) atoms. The van der Waals surface area contributed by atoms with Crippen LogP contribution in [-0.4, -0.2) is 18.7 Å². The summed E-state index contributed by atoms with van der Waals surface area (Å²) in [7, 11) is 1.64. The molecular weight excluding hydrogens is 264 g/mol. The molecule has 110 valence electrons. The summed E-state index contributed by atoms with van der Waals surface area (Å²) >= 11 is 0. The maximum Gasteiger partial charge on any atom is 0.141 e. The van der Waals surface area contributed by atoms with E-state index in [2.05, 4.69) is 29.2 Å². The van der Waals surface area contributed by atoms with Crippen molar-refractivity contribution in [3.8, 4) is 5.75 Å². The van der Waals surface area contributed by atoms with E-state index in [1.54, 1.807) is 19.5 Å². The normalized spacial score (nSPS) is 18.9. The third-order valence-electron chi connectivity index (χ3n) is 4.00. The summed E-state index contributed by atoms with van der Waals surface area (Å²) in [5.41, 5.74) is 9.96. The Labute approximate surface area is 124 Å². The van der Waals surface area contributed by atoms with Gasteiger partial charge in [0, 0.05) is 17.8 Å². The van der Waals surface area contributed by atoms with Gasteiger partial charge in [0.05, 0.1) is 26.0 Å². The minimum absolute atomic E-state index is 0.0443. The van der Waals surface area contributed by atoms with E-state index >= 15 is 0 Å². The molecule has 0 amide bonds. The van der Waals surface area contributed by atoms with Gasteiger partial charge in [-0.3, -0.25) is 4.98 Å². The Balaban J connectivity index is 1.81. The minimum atomic E-state index is -0.140. The second-order valence-corrected chi connectivity index (χ2v) is 5.27. The Morgan fingerprint density at radius 2 is 2.24 bits per heavy atom. The van der Waals surface area contributed by atoms with Crippen LogP contribution in [0.15, 0.2) is 42.7 Å². The van der Waals surface area contributed by atoms with E-state index in [1.165, 1.54) is 11.1 Å². The highest BCUT2D eigenvalue weighted by atomic mass is 16.5. The molecule has 4 nitrogen and oxygen atoms in total. The summed E-state index contributed by atoms with van der Waals surface area (Å²) in [6.07, 6.45) is 5.19. The predicted molar refractivity (Wildman–Crippen MR) is 81.2 cm³/mol. The molecule has 1 aromatic heterocycles. The molecule has 3 rings (SSSR count). The monoisotopic (exact) mass is 284 g/mol. The van der Waals surface area contributed by atoms with Crippen molar-refractivity contribution >= 4 is 0 Å². The van der Waals surface area contributed by atoms with Crippen LogP contribution in [0, 0.1) is 0 Å². The first-order valence-corrected chi connectivity index (χ1v) is 7.22. The SMILES string of the molecule is COc1cnccc1C(N)CC1OCCc2ccccc21. The molecule has 1 aliphatic rings. The molecule has 0 fully saturated rings. The van der Waals surface area contributed by atoms with Gasteiger partial charge in [0.15, 0.2) is 0 Å². The standard InChI is InChI=1S/C17H20N2O2/c1-20-17-11-19-8-6-14(17)15(18)10-16-13-5-3-2-4-12(13)7-9-21-16/h2-6,8,11,15-16H,7,9-10,18H2,1H3. The molecule has 0 bridgehead atoms. The summed E-state index contributed by atoms with van der Waals surface area (Å²) < 4.78 is 11.3. The van der Waals surface area contributed by atoms with E-state index in [-0.39, 0.29) is 12.1 Å². The first kappa shape index (κ1) is 14.0. The highest BCUT2D eigenvalue weighted by Gasteiger charge is 2.24. The predicted octanol–water partition coefficient (Wildman–Crippen LogP) is 2.79. The van der Waals surface area contributed by atoms with Gasteiger partial charge in [-0.25, -0.2) is 0 Å². The maximum absolute atomic E-state index is 6.37. The van der Waals surface area contributed by atoms with Gasteiger partial charge in [0.25, 0.3) is 0 Å². The second-order valence-electron chi connectivity index (χ2n) is 5.27. The van der Waals surface area contributed by atoms with E-state index in [0.29, 0.717) is 0 Å². The number of fused-ring (bicyclic) bond motifs is 1. The van der Waals surface area contributed by atoms with Crippen LogP contribution in [0.5, 0.6) is 5.75 Å². The number of nitrogens with zero attached hydrogens (tertiary/aromatic N) is 1. The third kappa shape index (κ3) is 2.91. The molecule has 1 aromatic carbocycles. The molecule has 2 N–H and O–H groups in total. The molecule has 2 unspecified atom stereocenters. The van der Waals surface area contributed by atoms with Crippen LogP contribution in [-0.2, 0) is 11.2 Å². The van der Waals surface area contributed by atoms with Crippen LogP contribution in [0.4, 0.5) is 0 Å². The zero-order valence-corrected chi connectivity index (χ0v) is 12.2. The zero-order valence-electron chi connectivity index (χ0n) is 12.2. The smallest absolute Gasteiger partial charge is 0.141 e. The summed E-state index contributed by atoms with van der Waals surface area (Å²) in [4.78, 5) is 4.07. The van der Waals surface area contributed by atoms with Crippen LogP contribution in [0.3, 0.4) is 0 Å². The maximum atomic E-state index is 6.37. The molecule has 0 saturated carbocycles. The highest BCUT2D eigenvalue weighted by molar-refractivity contribution is 5.34. The average Bonchev–Trinajstić information content (AvgIpc) is 2.55. The van der Waals surface area contributed by atoms with Crippen LogP contribution >= 0.6 is 0 Å². The molecule has 0 spiro atoms. The summed E-state index contributed by atoms with van der Waals surface area (Å²) in [5.74, 6) is 0.731. The number of methoxy groups -OCH3 is 1. The molecule has 4 heteroatoms. The Bertz CT molecular complexity index is 615. The van der Waals surface area contributed by atoms with Crippen LogP contribution in [0.1, 0.15) is 35.3 Å². The molecule has 2 aromatic rings. The zero-order chi connectivity index (χ0) is 14.7. The van der Waals surface area contributed by atoms with Gasteiger partial charge in [0.1, 0.15) is 5.75 Å². The fourth-order valence-corrected chi connectivity index (χ4v) is 2.90. The summed E-state index contributed by atoms with van der Waals surface area (Å²) in [6, 6.07) is 10.2. The summed E-state index contributed by atoms with van der Waals surface area (Å²) in [6.45, 7) is 0.752. The van der Waals surface area contributed by atoms with E-state index in [0.717, 1.165) is 30.8 Å². The van der Waals surface area contributed by atoms with E-state index in [4.69, 9.17) is 15.2 Å². The van der Waals surface area contributed by atoms with Gasteiger partial charge >= 0.3 is 0 Å². The topological polar surface area (TPSA) is 57.4 Å².